The number of benzene rings is 1. The number of carbonyl (C=O) groups is 2. The molecule has 2 aliphatic heterocycles. The third-order valence-corrected chi connectivity index (χ3v) is 6.44. The number of cyclic esters (lactones) is 1. The predicted octanol–water partition coefficient (Wildman–Crippen LogP) is 4.30. The number of hydrogen-bond donors (Lipinski definition) is 1. The zero-order chi connectivity index (χ0) is 27.7. The monoisotopic (exact) mass is 542 g/mol. The second-order valence-electron chi connectivity index (χ2n) is 9.18. The molecule has 2 amide bonds. The number of nitrogens with zero attached hydrogens (tertiary/aromatic N) is 5. The van der Waals surface area contributed by atoms with Gasteiger partial charge in [0.1, 0.15) is 12.4 Å². The number of amides is 2. The average Bonchev–Trinajstić information content (AvgIpc) is 3.27. The molecule has 1 unspecified atom stereocenters. The van der Waals surface area contributed by atoms with Crippen LogP contribution in [-0.2, 0) is 15.7 Å². The standard InChI is InChI=1S/C26H25F3N6O4/c1-15-14-39-25(37)35(15)24-32-21(16(2)22(33-24)34-8-10-38-11-9-34)20-7-6-19(13-30-20)31-23(36)17-4-3-5-18(12-17)26(27,28)29/h3-7,12-13,15H,8-11,14H2,1-2H3,(H,31,36). The Labute approximate surface area is 221 Å². The molecule has 4 heterocycles. The van der Waals surface area contributed by atoms with E-state index in [9.17, 15) is 22.8 Å². The first-order chi connectivity index (χ1) is 18.6. The van der Waals surface area contributed by atoms with Crippen molar-refractivity contribution in [3.05, 3.63) is 59.3 Å². The molecule has 2 aliphatic rings. The number of morpholine rings is 1. The summed E-state index contributed by atoms with van der Waals surface area (Å²) in [5, 5.41) is 2.57. The number of rotatable bonds is 5. The molecule has 2 saturated heterocycles. The molecule has 0 bridgehead atoms. The van der Waals surface area contributed by atoms with Crippen LogP contribution in [0.5, 0.6) is 0 Å². The summed E-state index contributed by atoms with van der Waals surface area (Å²) in [5.74, 6) is 0.136. The molecule has 3 aromatic rings. The number of carbonyl (C=O) groups excluding carboxylic acids is 2. The first kappa shape index (κ1) is 26.4. The molecule has 1 atom stereocenters. The molecular formula is C26H25F3N6O4. The van der Waals surface area contributed by atoms with Crippen molar-refractivity contribution in [3.8, 4) is 11.4 Å². The van der Waals surface area contributed by atoms with Gasteiger partial charge in [0.2, 0.25) is 5.95 Å². The van der Waals surface area contributed by atoms with Crippen molar-refractivity contribution in [2.24, 2.45) is 0 Å². The molecular weight excluding hydrogens is 517 g/mol. The highest BCUT2D eigenvalue weighted by molar-refractivity contribution is 6.04. The highest BCUT2D eigenvalue weighted by Crippen LogP contribution is 2.32. The van der Waals surface area contributed by atoms with Crippen LogP contribution in [0, 0.1) is 6.92 Å². The lowest BCUT2D eigenvalue weighted by Gasteiger charge is -2.30. The van der Waals surface area contributed by atoms with Crippen LogP contribution in [0.2, 0.25) is 0 Å². The Kier molecular flexibility index (Phi) is 7.08. The van der Waals surface area contributed by atoms with Crippen LogP contribution in [0.25, 0.3) is 11.4 Å². The molecule has 1 aromatic carbocycles. The summed E-state index contributed by atoms with van der Waals surface area (Å²) < 4.78 is 49.7. The summed E-state index contributed by atoms with van der Waals surface area (Å²) >= 11 is 0. The zero-order valence-corrected chi connectivity index (χ0v) is 21.2. The molecule has 13 heteroatoms. The number of alkyl halides is 3. The maximum absolute atomic E-state index is 13.0. The van der Waals surface area contributed by atoms with Crippen molar-refractivity contribution < 1.29 is 32.2 Å². The number of aromatic nitrogens is 3. The van der Waals surface area contributed by atoms with Crippen molar-refractivity contribution >= 4 is 29.5 Å². The Morgan fingerprint density at radius 2 is 1.90 bits per heavy atom. The van der Waals surface area contributed by atoms with E-state index in [0.29, 0.717) is 49.2 Å². The van der Waals surface area contributed by atoms with Gasteiger partial charge in [-0.2, -0.15) is 18.2 Å². The normalized spacial score (nSPS) is 17.8. The molecule has 10 nitrogen and oxygen atoms in total. The van der Waals surface area contributed by atoms with Gasteiger partial charge >= 0.3 is 12.3 Å². The second-order valence-corrected chi connectivity index (χ2v) is 9.18. The van der Waals surface area contributed by atoms with E-state index in [1.807, 2.05) is 13.8 Å². The van der Waals surface area contributed by atoms with E-state index >= 15 is 0 Å². The van der Waals surface area contributed by atoms with Crippen LogP contribution < -0.4 is 15.1 Å². The molecule has 5 rings (SSSR count). The quantitative estimate of drug-likeness (QED) is 0.508. The topological polar surface area (TPSA) is 110 Å². The lowest BCUT2D eigenvalue weighted by atomic mass is 10.1. The van der Waals surface area contributed by atoms with Crippen molar-refractivity contribution in [1.82, 2.24) is 15.0 Å². The van der Waals surface area contributed by atoms with Gasteiger partial charge < -0.3 is 19.7 Å². The molecule has 0 radical (unpaired) electrons. The van der Waals surface area contributed by atoms with E-state index in [2.05, 4.69) is 20.2 Å². The lowest BCUT2D eigenvalue weighted by Crippen LogP contribution is -2.38. The van der Waals surface area contributed by atoms with Crippen molar-refractivity contribution in [1.29, 1.82) is 0 Å². The summed E-state index contributed by atoms with van der Waals surface area (Å²) in [4.78, 5) is 42.3. The van der Waals surface area contributed by atoms with Crippen LogP contribution >= 0.6 is 0 Å². The van der Waals surface area contributed by atoms with Gasteiger partial charge in [-0.1, -0.05) is 6.07 Å². The molecule has 39 heavy (non-hydrogen) atoms. The summed E-state index contributed by atoms with van der Waals surface area (Å²) in [6.45, 7) is 6.22. The van der Waals surface area contributed by atoms with Gasteiger partial charge in [-0.15, -0.1) is 0 Å². The Bertz CT molecular complexity index is 1390. The summed E-state index contributed by atoms with van der Waals surface area (Å²) in [6.07, 6.45) is -3.70. The van der Waals surface area contributed by atoms with Gasteiger partial charge in [-0.05, 0) is 44.2 Å². The first-order valence-electron chi connectivity index (χ1n) is 12.2. The van der Waals surface area contributed by atoms with Crippen molar-refractivity contribution in [3.63, 3.8) is 0 Å². The smallest absolute Gasteiger partial charge is 0.417 e. The fraction of sp³-hybridized carbons (Fsp3) is 0.346. The Balaban J connectivity index is 1.44. The fourth-order valence-corrected chi connectivity index (χ4v) is 4.38. The molecule has 2 aromatic heterocycles. The van der Waals surface area contributed by atoms with E-state index in [1.165, 1.54) is 23.2 Å². The zero-order valence-electron chi connectivity index (χ0n) is 21.2. The van der Waals surface area contributed by atoms with Gasteiger partial charge in [-0.25, -0.2) is 14.7 Å². The summed E-state index contributed by atoms with van der Waals surface area (Å²) in [7, 11) is 0. The molecule has 0 spiro atoms. The highest BCUT2D eigenvalue weighted by atomic mass is 19.4. The predicted molar refractivity (Wildman–Crippen MR) is 136 cm³/mol. The third-order valence-electron chi connectivity index (χ3n) is 6.44. The van der Waals surface area contributed by atoms with Crippen LogP contribution in [-0.4, -0.2) is 65.9 Å². The maximum Gasteiger partial charge on any atom is 0.417 e. The van der Waals surface area contributed by atoms with Gasteiger partial charge in [0, 0.05) is 24.2 Å². The largest absolute Gasteiger partial charge is 0.447 e. The lowest BCUT2D eigenvalue weighted by molar-refractivity contribution is -0.137. The second kappa shape index (κ2) is 10.5. The molecule has 2 fully saturated rings. The third kappa shape index (κ3) is 5.48. The molecule has 0 aliphatic carbocycles. The average molecular weight is 543 g/mol. The Hall–Kier alpha value is -4.26. The number of hydrogen-bond acceptors (Lipinski definition) is 8. The van der Waals surface area contributed by atoms with E-state index < -0.39 is 23.7 Å². The number of nitrogens with one attached hydrogen (secondary N) is 1. The van der Waals surface area contributed by atoms with E-state index in [-0.39, 0.29) is 24.2 Å². The number of pyridine rings is 1. The summed E-state index contributed by atoms with van der Waals surface area (Å²) in [5.41, 5.74) is 0.942. The van der Waals surface area contributed by atoms with E-state index in [0.717, 1.165) is 17.7 Å². The Morgan fingerprint density at radius 1 is 1.13 bits per heavy atom. The number of halogens is 3. The molecule has 204 valence electrons. The highest BCUT2D eigenvalue weighted by Gasteiger charge is 2.35. The molecule has 1 N–H and O–H groups in total. The number of anilines is 3. The SMILES string of the molecule is Cc1c(-c2ccc(NC(=O)c3cccc(C(F)(F)F)c3)cn2)nc(N2C(=O)OCC2C)nc1N1CCOCC1. The van der Waals surface area contributed by atoms with Gasteiger partial charge in [0.25, 0.3) is 5.91 Å². The van der Waals surface area contributed by atoms with Gasteiger partial charge in [0.15, 0.2) is 0 Å². The van der Waals surface area contributed by atoms with Crippen molar-refractivity contribution in [2.75, 3.05) is 48.0 Å². The Morgan fingerprint density at radius 3 is 2.54 bits per heavy atom. The molecule has 0 saturated carbocycles. The van der Waals surface area contributed by atoms with Crippen LogP contribution in [0.15, 0.2) is 42.6 Å². The van der Waals surface area contributed by atoms with Crippen LogP contribution in [0.3, 0.4) is 0 Å². The minimum Gasteiger partial charge on any atom is -0.447 e. The first-order valence-corrected chi connectivity index (χ1v) is 12.2. The van der Waals surface area contributed by atoms with Crippen LogP contribution in [0.4, 0.5) is 35.4 Å². The summed E-state index contributed by atoms with van der Waals surface area (Å²) in [6, 6.07) is 7.13. The van der Waals surface area contributed by atoms with E-state index in [1.54, 1.807) is 12.1 Å². The van der Waals surface area contributed by atoms with Crippen LogP contribution in [0.1, 0.15) is 28.4 Å². The number of ether oxygens (including phenoxy) is 2. The minimum atomic E-state index is -4.56. The van der Waals surface area contributed by atoms with Gasteiger partial charge in [-0.3, -0.25) is 9.78 Å². The minimum absolute atomic E-state index is 0.132. The van der Waals surface area contributed by atoms with E-state index in [4.69, 9.17) is 14.5 Å². The van der Waals surface area contributed by atoms with Crippen molar-refractivity contribution in [2.45, 2.75) is 26.1 Å². The fourth-order valence-electron chi connectivity index (χ4n) is 4.38. The maximum atomic E-state index is 13.0. The van der Waals surface area contributed by atoms with Gasteiger partial charge in [0.05, 0.1) is 48.1 Å².